The summed E-state index contributed by atoms with van der Waals surface area (Å²) in [7, 11) is 3.42. The highest BCUT2D eigenvalue weighted by molar-refractivity contribution is 7.22. The van der Waals surface area contributed by atoms with Gasteiger partial charge in [0.15, 0.2) is 5.13 Å². The van der Waals surface area contributed by atoms with Crippen molar-refractivity contribution in [2.75, 3.05) is 24.3 Å². The molecular weight excluding hydrogens is 318 g/mol. The molecule has 0 bridgehead atoms. The predicted octanol–water partition coefficient (Wildman–Crippen LogP) is 1.55. The van der Waals surface area contributed by atoms with Crippen molar-refractivity contribution in [3.63, 3.8) is 0 Å². The maximum Gasteiger partial charge on any atom is 0.333 e. The number of fused-ring (bicyclic) bond motifs is 1. The highest BCUT2D eigenvalue weighted by Crippen LogP contribution is 2.33. The van der Waals surface area contributed by atoms with Crippen molar-refractivity contribution in [2.24, 2.45) is 0 Å². The van der Waals surface area contributed by atoms with Crippen LogP contribution in [-0.4, -0.2) is 41.9 Å². The zero-order valence-corrected chi connectivity index (χ0v) is 13.4. The minimum absolute atomic E-state index is 0.224. The molecule has 1 aromatic carbocycles. The first-order valence-corrected chi connectivity index (χ1v) is 7.77. The van der Waals surface area contributed by atoms with Crippen LogP contribution in [0.5, 0.6) is 0 Å². The zero-order valence-electron chi connectivity index (χ0n) is 12.6. The molecule has 0 aliphatic carbocycles. The van der Waals surface area contributed by atoms with Gasteiger partial charge in [-0.3, -0.25) is 15.0 Å². The first-order chi connectivity index (χ1) is 10.9. The molecule has 3 rings (SSSR count). The van der Waals surface area contributed by atoms with Crippen LogP contribution < -0.4 is 15.6 Å². The first kappa shape index (κ1) is 15.4. The van der Waals surface area contributed by atoms with Gasteiger partial charge in [-0.25, -0.2) is 19.7 Å². The van der Waals surface area contributed by atoms with Crippen LogP contribution in [0.3, 0.4) is 0 Å². The molecule has 23 heavy (non-hydrogen) atoms. The summed E-state index contributed by atoms with van der Waals surface area (Å²) in [6, 6.07) is 4.86. The standard InChI is InChI=1S/C14H15N5O3S/c1-18(2)17-13(22)15-8-3-4-9-10(7-8)23-14(16-9)19-11(20)5-6-12(19)21/h3-4,7H,5-6H2,1-2H3,(H2,15,17,22). The third kappa shape index (κ3) is 3.15. The molecule has 1 aliphatic rings. The highest BCUT2D eigenvalue weighted by Gasteiger charge is 2.32. The van der Waals surface area contributed by atoms with Crippen molar-refractivity contribution < 1.29 is 14.4 Å². The van der Waals surface area contributed by atoms with Gasteiger partial charge in [0.05, 0.1) is 10.2 Å². The van der Waals surface area contributed by atoms with Gasteiger partial charge in [0.25, 0.3) is 0 Å². The van der Waals surface area contributed by atoms with Crippen LogP contribution >= 0.6 is 11.3 Å². The number of rotatable bonds is 3. The van der Waals surface area contributed by atoms with Crippen molar-refractivity contribution in [3.05, 3.63) is 18.2 Å². The molecule has 120 valence electrons. The number of urea groups is 1. The Kier molecular flexibility index (Phi) is 3.97. The second-order valence-corrected chi connectivity index (χ2v) is 6.27. The average molecular weight is 333 g/mol. The fourth-order valence-corrected chi connectivity index (χ4v) is 3.28. The molecule has 9 heteroatoms. The van der Waals surface area contributed by atoms with Gasteiger partial charge in [-0.05, 0) is 18.2 Å². The molecule has 0 radical (unpaired) electrons. The van der Waals surface area contributed by atoms with E-state index in [0.717, 1.165) is 9.60 Å². The lowest BCUT2D eigenvalue weighted by molar-refractivity contribution is -0.121. The van der Waals surface area contributed by atoms with Crippen molar-refractivity contribution in [3.8, 4) is 0 Å². The second kappa shape index (κ2) is 5.94. The van der Waals surface area contributed by atoms with Crippen LogP contribution in [0.4, 0.5) is 15.6 Å². The number of benzene rings is 1. The predicted molar refractivity (Wildman–Crippen MR) is 87.2 cm³/mol. The molecule has 2 aromatic rings. The number of hydrogen-bond acceptors (Lipinski definition) is 6. The van der Waals surface area contributed by atoms with Crippen molar-refractivity contribution >= 4 is 50.2 Å². The Morgan fingerprint density at radius 3 is 2.61 bits per heavy atom. The number of amides is 4. The molecule has 1 aliphatic heterocycles. The largest absolute Gasteiger partial charge is 0.333 e. The number of aromatic nitrogens is 1. The Morgan fingerprint density at radius 1 is 1.26 bits per heavy atom. The maximum absolute atomic E-state index is 11.8. The van der Waals surface area contributed by atoms with Crippen LogP contribution in [0.2, 0.25) is 0 Å². The summed E-state index contributed by atoms with van der Waals surface area (Å²) in [6.45, 7) is 0. The highest BCUT2D eigenvalue weighted by atomic mass is 32.1. The van der Waals surface area contributed by atoms with E-state index >= 15 is 0 Å². The zero-order chi connectivity index (χ0) is 16.6. The lowest BCUT2D eigenvalue weighted by atomic mass is 10.3. The second-order valence-electron chi connectivity index (χ2n) is 5.26. The van der Waals surface area contributed by atoms with E-state index in [1.807, 2.05) is 0 Å². The number of hydrazine groups is 1. The van der Waals surface area contributed by atoms with Crippen LogP contribution in [0.25, 0.3) is 10.2 Å². The molecular formula is C14H15N5O3S. The third-order valence-corrected chi connectivity index (χ3v) is 4.21. The van der Waals surface area contributed by atoms with E-state index in [2.05, 4.69) is 15.7 Å². The molecule has 2 N–H and O–H groups in total. The molecule has 0 spiro atoms. The van der Waals surface area contributed by atoms with Gasteiger partial charge in [-0.2, -0.15) is 0 Å². The third-order valence-electron chi connectivity index (χ3n) is 3.20. The molecule has 0 saturated carbocycles. The number of imide groups is 1. The average Bonchev–Trinajstić information content (AvgIpc) is 3.00. The molecule has 4 amide bonds. The van der Waals surface area contributed by atoms with E-state index in [1.54, 1.807) is 32.3 Å². The van der Waals surface area contributed by atoms with Crippen LogP contribution in [-0.2, 0) is 9.59 Å². The quantitative estimate of drug-likeness (QED) is 0.656. The summed E-state index contributed by atoms with van der Waals surface area (Å²) < 4.78 is 0.787. The SMILES string of the molecule is CN(C)NC(=O)Nc1ccc2nc(N3C(=O)CCC3=O)sc2c1. The molecule has 1 fully saturated rings. The Balaban J connectivity index is 1.85. The normalized spacial score (nSPS) is 14.8. The molecule has 0 unspecified atom stereocenters. The first-order valence-electron chi connectivity index (χ1n) is 6.95. The number of nitrogens with one attached hydrogen (secondary N) is 2. The maximum atomic E-state index is 11.8. The minimum Gasteiger partial charge on any atom is -0.307 e. The minimum atomic E-state index is -0.357. The molecule has 8 nitrogen and oxygen atoms in total. The monoisotopic (exact) mass is 333 g/mol. The number of hydrogen-bond donors (Lipinski definition) is 2. The van der Waals surface area contributed by atoms with Gasteiger partial charge in [0, 0.05) is 32.6 Å². The Bertz CT molecular complexity index is 785. The van der Waals surface area contributed by atoms with E-state index in [0.29, 0.717) is 16.3 Å². The van der Waals surface area contributed by atoms with Gasteiger partial charge in [0.1, 0.15) is 0 Å². The summed E-state index contributed by atoms with van der Waals surface area (Å²) in [4.78, 5) is 40.7. The number of carbonyl (C=O) groups is 3. The number of nitrogens with zero attached hydrogens (tertiary/aromatic N) is 3. The number of carbonyl (C=O) groups excluding carboxylic acids is 3. The Labute approximate surface area is 136 Å². The molecule has 1 aromatic heterocycles. The Hall–Kier alpha value is -2.52. The van der Waals surface area contributed by atoms with Crippen LogP contribution in [0.1, 0.15) is 12.8 Å². The number of anilines is 2. The lowest BCUT2D eigenvalue weighted by Gasteiger charge is -2.12. The summed E-state index contributed by atoms with van der Waals surface area (Å²) in [6.07, 6.45) is 0.457. The summed E-state index contributed by atoms with van der Waals surface area (Å²) in [5.74, 6) is -0.449. The van der Waals surface area contributed by atoms with Gasteiger partial charge >= 0.3 is 6.03 Å². The fourth-order valence-electron chi connectivity index (χ4n) is 2.24. The van der Waals surface area contributed by atoms with Gasteiger partial charge < -0.3 is 5.32 Å². The van der Waals surface area contributed by atoms with Gasteiger partial charge in [-0.15, -0.1) is 0 Å². The van der Waals surface area contributed by atoms with Crippen LogP contribution in [0.15, 0.2) is 18.2 Å². The van der Waals surface area contributed by atoms with Crippen molar-refractivity contribution in [1.82, 2.24) is 15.4 Å². The van der Waals surface area contributed by atoms with Crippen molar-refractivity contribution in [2.45, 2.75) is 12.8 Å². The summed E-state index contributed by atoms with van der Waals surface area (Å²) >= 11 is 1.25. The topological polar surface area (TPSA) is 94.6 Å². The van der Waals surface area contributed by atoms with E-state index in [-0.39, 0.29) is 30.7 Å². The molecule has 1 saturated heterocycles. The smallest absolute Gasteiger partial charge is 0.307 e. The molecule has 2 heterocycles. The van der Waals surface area contributed by atoms with E-state index in [4.69, 9.17) is 0 Å². The van der Waals surface area contributed by atoms with E-state index in [1.165, 1.54) is 16.3 Å². The van der Waals surface area contributed by atoms with Crippen molar-refractivity contribution in [1.29, 1.82) is 0 Å². The molecule has 0 atom stereocenters. The van der Waals surface area contributed by atoms with Crippen LogP contribution in [0, 0.1) is 0 Å². The number of thiazole rings is 1. The fraction of sp³-hybridized carbons (Fsp3) is 0.286. The van der Waals surface area contributed by atoms with Gasteiger partial charge in [0.2, 0.25) is 11.8 Å². The lowest BCUT2D eigenvalue weighted by Crippen LogP contribution is -2.39. The summed E-state index contributed by atoms with van der Waals surface area (Å²) in [5.41, 5.74) is 3.85. The Morgan fingerprint density at radius 2 is 1.96 bits per heavy atom. The van der Waals surface area contributed by atoms with E-state index in [9.17, 15) is 14.4 Å². The van der Waals surface area contributed by atoms with E-state index < -0.39 is 0 Å². The van der Waals surface area contributed by atoms with Gasteiger partial charge in [-0.1, -0.05) is 11.3 Å². The summed E-state index contributed by atoms with van der Waals surface area (Å²) in [5, 5.41) is 4.61.